The van der Waals surface area contributed by atoms with Gasteiger partial charge in [-0.05, 0) is 52.4 Å². The van der Waals surface area contributed by atoms with Gasteiger partial charge in [-0.1, -0.05) is 32.3 Å². The molecule has 0 aliphatic heterocycles. The predicted octanol–water partition coefficient (Wildman–Crippen LogP) is 4.17. The van der Waals surface area contributed by atoms with Gasteiger partial charge in [0.25, 0.3) is 0 Å². The lowest BCUT2D eigenvalue weighted by atomic mass is 9.64. The molecule has 1 saturated carbocycles. The van der Waals surface area contributed by atoms with Crippen molar-refractivity contribution in [3.05, 3.63) is 34.1 Å². The van der Waals surface area contributed by atoms with Crippen LogP contribution >= 0.6 is 15.9 Å². The molecule has 20 heavy (non-hydrogen) atoms. The van der Waals surface area contributed by atoms with E-state index in [-0.39, 0.29) is 11.2 Å². The van der Waals surface area contributed by atoms with Crippen molar-refractivity contribution in [2.45, 2.75) is 45.1 Å². The maximum Gasteiger partial charge on any atom is 0.137 e. The summed E-state index contributed by atoms with van der Waals surface area (Å²) in [6.07, 6.45) is 4.57. The normalized spacial score (nSPS) is 28.4. The molecule has 4 heteroatoms. The van der Waals surface area contributed by atoms with Gasteiger partial charge in [-0.2, -0.15) is 0 Å². The molecule has 1 aromatic rings. The van der Waals surface area contributed by atoms with Gasteiger partial charge in [-0.3, -0.25) is 0 Å². The quantitative estimate of drug-likeness (QED) is 0.861. The van der Waals surface area contributed by atoms with Crippen molar-refractivity contribution in [2.75, 3.05) is 6.54 Å². The first kappa shape index (κ1) is 15.9. The zero-order valence-corrected chi connectivity index (χ0v) is 13.5. The second-order valence-electron chi connectivity index (χ2n) is 6.01. The highest BCUT2D eigenvalue weighted by Gasteiger charge is 2.41. The van der Waals surface area contributed by atoms with Crippen molar-refractivity contribution in [2.24, 2.45) is 17.1 Å². The molecule has 3 N–H and O–H groups in total. The molecular formula is C16H23BrFNO. The number of aliphatic hydroxyl groups is 1. The van der Waals surface area contributed by atoms with Crippen LogP contribution in [0.1, 0.15) is 50.7 Å². The zero-order chi connectivity index (χ0) is 14.8. The molecule has 0 aromatic heterocycles. The number of rotatable bonds is 4. The van der Waals surface area contributed by atoms with Gasteiger partial charge in [0.2, 0.25) is 0 Å². The van der Waals surface area contributed by atoms with Gasteiger partial charge in [0.15, 0.2) is 0 Å². The molecule has 0 amide bonds. The number of halogens is 2. The Labute approximate surface area is 128 Å². The Bertz CT molecular complexity index is 468. The maximum absolute atomic E-state index is 13.7. The Morgan fingerprint density at radius 1 is 1.55 bits per heavy atom. The predicted molar refractivity (Wildman–Crippen MR) is 82.8 cm³/mol. The van der Waals surface area contributed by atoms with Gasteiger partial charge in [0, 0.05) is 12.0 Å². The molecule has 0 heterocycles. The third kappa shape index (κ3) is 3.07. The minimum Gasteiger partial charge on any atom is -0.388 e. The van der Waals surface area contributed by atoms with Crippen molar-refractivity contribution in [1.82, 2.24) is 0 Å². The highest BCUT2D eigenvalue weighted by Crippen LogP contribution is 2.48. The summed E-state index contributed by atoms with van der Waals surface area (Å²) in [5.41, 5.74) is 6.32. The SMILES string of the molecule is CCC1CCCC(CN)(C(O)c2ccc(Br)c(F)c2)C1. The molecule has 1 fully saturated rings. The van der Waals surface area contributed by atoms with Gasteiger partial charge in [-0.25, -0.2) is 4.39 Å². The van der Waals surface area contributed by atoms with Crippen LogP contribution in [0, 0.1) is 17.2 Å². The van der Waals surface area contributed by atoms with Crippen LogP contribution in [0.25, 0.3) is 0 Å². The molecule has 3 atom stereocenters. The first-order valence-electron chi connectivity index (χ1n) is 7.35. The average Bonchev–Trinajstić information content (AvgIpc) is 2.49. The molecule has 2 nitrogen and oxygen atoms in total. The second kappa shape index (κ2) is 6.54. The highest BCUT2D eigenvalue weighted by atomic mass is 79.9. The van der Waals surface area contributed by atoms with Crippen LogP contribution in [0.4, 0.5) is 4.39 Å². The minimum atomic E-state index is -0.690. The van der Waals surface area contributed by atoms with E-state index in [9.17, 15) is 9.50 Å². The molecule has 112 valence electrons. The Kier molecular flexibility index (Phi) is 5.21. The summed E-state index contributed by atoms with van der Waals surface area (Å²) in [7, 11) is 0. The fraction of sp³-hybridized carbons (Fsp3) is 0.625. The van der Waals surface area contributed by atoms with Crippen molar-refractivity contribution < 1.29 is 9.50 Å². The number of hydrogen-bond donors (Lipinski definition) is 2. The molecule has 1 aliphatic carbocycles. The fourth-order valence-corrected chi connectivity index (χ4v) is 3.70. The minimum absolute atomic E-state index is 0.306. The average molecular weight is 344 g/mol. The van der Waals surface area contributed by atoms with Crippen molar-refractivity contribution in [1.29, 1.82) is 0 Å². The van der Waals surface area contributed by atoms with E-state index in [1.165, 1.54) is 12.5 Å². The number of aliphatic hydroxyl groups excluding tert-OH is 1. The summed E-state index contributed by atoms with van der Waals surface area (Å²) >= 11 is 3.14. The van der Waals surface area contributed by atoms with Crippen molar-refractivity contribution >= 4 is 15.9 Å². The molecule has 1 aliphatic rings. The molecule has 1 aromatic carbocycles. The smallest absolute Gasteiger partial charge is 0.137 e. The first-order chi connectivity index (χ1) is 9.52. The third-order valence-electron chi connectivity index (χ3n) is 4.81. The fourth-order valence-electron chi connectivity index (χ4n) is 3.45. The van der Waals surface area contributed by atoms with Crippen LogP contribution in [-0.4, -0.2) is 11.7 Å². The van der Waals surface area contributed by atoms with E-state index < -0.39 is 6.10 Å². The molecule has 0 bridgehead atoms. The maximum atomic E-state index is 13.7. The molecule has 0 radical (unpaired) electrons. The molecular weight excluding hydrogens is 321 g/mol. The topological polar surface area (TPSA) is 46.2 Å². The number of hydrogen-bond acceptors (Lipinski definition) is 2. The monoisotopic (exact) mass is 343 g/mol. The highest BCUT2D eigenvalue weighted by molar-refractivity contribution is 9.10. The summed E-state index contributed by atoms with van der Waals surface area (Å²) in [4.78, 5) is 0. The second-order valence-corrected chi connectivity index (χ2v) is 6.87. The summed E-state index contributed by atoms with van der Waals surface area (Å²) in [6.45, 7) is 2.63. The number of benzene rings is 1. The van der Waals surface area contributed by atoms with Crippen LogP contribution in [-0.2, 0) is 0 Å². The van der Waals surface area contributed by atoms with Gasteiger partial charge < -0.3 is 10.8 Å². The first-order valence-corrected chi connectivity index (χ1v) is 8.15. The van der Waals surface area contributed by atoms with E-state index in [0.717, 1.165) is 25.7 Å². The van der Waals surface area contributed by atoms with Crippen LogP contribution < -0.4 is 5.73 Å². The van der Waals surface area contributed by atoms with Crippen molar-refractivity contribution in [3.8, 4) is 0 Å². The van der Waals surface area contributed by atoms with E-state index >= 15 is 0 Å². The summed E-state index contributed by atoms with van der Waals surface area (Å²) in [5, 5.41) is 10.8. The van der Waals surface area contributed by atoms with E-state index in [1.54, 1.807) is 12.1 Å². The van der Waals surface area contributed by atoms with Gasteiger partial charge in [-0.15, -0.1) is 0 Å². The molecule has 2 rings (SSSR count). The number of nitrogens with two attached hydrogens (primary N) is 1. The van der Waals surface area contributed by atoms with Crippen LogP contribution in [0.2, 0.25) is 0 Å². The zero-order valence-electron chi connectivity index (χ0n) is 11.9. The van der Waals surface area contributed by atoms with Gasteiger partial charge in [0.05, 0.1) is 10.6 Å². The third-order valence-corrected chi connectivity index (χ3v) is 5.45. The van der Waals surface area contributed by atoms with E-state index in [0.29, 0.717) is 22.5 Å². The van der Waals surface area contributed by atoms with Crippen LogP contribution in [0.5, 0.6) is 0 Å². The summed E-state index contributed by atoms with van der Waals surface area (Å²) in [6, 6.07) is 4.85. The van der Waals surface area contributed by atoms with Gasteiger partial charge in [0.1, 0.15) is 5.82 Å². The van der Waals surface area contributed by atoms with E-state index in [4.69, 9.17) is 5.73 Å². The molecule has 0 saturated heterocycles. The summed E-state index contributed by atoms with van der Waals surface area (Å²) in [5.74, 6) is 0.277. The lowest BCUT2D eigenvalue weighted by molar-refractivity contribution is -0.0163. The standard InChI is InChI=1S/C16H23BrFNO/c1-2-11-4-3-7-16(9-11,10-19)15(20)12-5-6-13(17)14(18)8-12/h5-6,8,11,15,20H,2-4,7,9-10,19H2,1H3. The Balaban J connectivity index is 2.27. The lowest BCUT2D eigenvalue weighted by Crippen LogP contribution is -2.41. The van der Waals surface area contributed by atoms with Crippen molar-refractivity contribution in [3.63, 3.8) is 0 Å². The molecule has 0 spiro atoms. The van der Waals surface area contributed by atoms with E-state index in [2.05, 4.69) is 22.9 Å². The lowest BCUT2D eigenvalue weighted by Gasteiger charge is -2.43. The Morgan fingerprint density at radius 3 is 2.90 bits per heavy atom. The van der Waals surface area contributed by atoms with Crippen LogP contribution in [0.3, 0.4) is 0 Å². The van der Waals surface area contributed by atoms with Crippen LogP contribution in [0.15, 0.2) is 22.7 Å². The Hall–Kier alpha value is -0.450. The summed E-state index contributed by atoms with van der Waals surface area (Å²) < 4.78 is 14.1. The van der Waals surface area contributed by atoms with E-state index in [1.807, 2.05) is 0 Å². The largest absolute Gasteiger partial charge is 0.388 e. The Morgan fingerprint density at radius 2 is 2.30 bits per heavy atom. The molecule has 3 unspecified atom stereocenters. The van der Waals surface area contributed by atoms with Gasteiger partial charge >= 0.3 is 0 Å².